The number of aromatic nitrogens is 2. The zero-order valence-electron chi connectivity index (χ0n) is 17.3. The van der Waals surface area contributed by atoms with Crippen LogP contribution in [0.1, 0.15) is 23.1 Å². The highest BCUT2D eigenvalue weighted by molar-refractivity contribution is 7.98. The molecular formula is C23H27FN4OS. The smallest absolute Gasteiger partial charge is 0.146 e. The maximum atomic E-state index is 14.9. The van der Waals surface area contributed by atoms with Crippen molar-refractivity contribution in [3.05, 3.63) is 77.6 Å². The second kappa shape index (κ2) is 9.20. The lowest BCUT2D eigenvalue weighted by Gasteiger charge is -2.37. The van der Waals surface area contributed by atoms with Gasteiger partial charge in [-0.3, -0.25) is 4.90 Å². The van der Waals surface area contributed by atoms with Crippen LogP contribution < -0.4 is 4.90 Å². The van der Waals surface area contributed by atoms with Crippen LogP contribution in [0.4, 0.5) is 10.1 Å². The molecule has 1 fully saturated rings. The Labute approximate surface area is 181 Å². The van der Waals surface area contributed by atoms with Gasteiger partial charge in [-0.2, -0.15) is 0 Å². The summed E-state index contributed by atoms with van der Waals surface area (Å²) in [4.78, 5) is 9.94. The standard InChI is InChI=1S/C23H27FN4OS/c1-26-11-10-25-23(26)22(29)19-4-3-5-20(24)21(19)28-14-12-27(13-15-28)16-17-6-8-18(30-2)9-7-17/h3-11,22,29H,12-16H2,1-2H3. The number of aliphatic hydroxyl groups excluding tert-OH is 1. The number of thioether (sulfide) groups is 1. The molecule has 3 aromatic rings. The van der Waals surface area contributed by atoms with E-state index >= 15 is 0 Å². The van der Waals surface area contributed by atoms with Gasteiger partial charge in [-0.25, -0.2) is 9.37 Å². The Morgan fingerprint density at radius 3 is 2.47 bits per heavy atom. The van der Waals surface area contributed by atoms with Crippen LogP contribution in [-0.4, -0.2) is 52.0 Å². The first-order valence-corrected chi connectivity index (χ1v) is 11.3. The number of benzene rings is 2. The number of halogens is 1. The molecule has 1 aliphatic rings. The summed E-state index contributed by atoms with van der Waals surface area (Å²) < 4.78 is 16.6. The van der Waals surface area contributed by atoms with Gasteiger partial charge in [-0.05, 0) is 30.0 Å². The van der Waals surface area contributed by atoms with Gasteiger partial charge >= 0.3 is 0 Å². The minimum absolute atomic E-state index is 0.304. The van der Waals surface area contributed by atoms with Gasteiger partial charge in [0.25, 0.3) is 0 Å². The summed E-state index contributed by atoms with van der Waals surface area (Å²) in [6.45, 7) is 4.00. The second-order valence-corrected chi connectivity index (χ2v) is 8.47. The van der Waals surface area contributed by atoms with Crippen molar-refractivity contribution in [3.8, 4) is 0 Å². The average molecular weight is 427 g/mol. The molecule has 7 heteroatoms. The third kappa shape index (κ3) is 4.38. The molecule has 1 saturated heterocycles. The molecule has 0 radical (unpaired) electrons. The van der Waals surface area contributed by atoms with E-state index in [9.17, 15) is 9.50 Å². The molecule has 158 valence electrons. The van der Waals surface area contributed by atoms with Crippen LogP contribution in [0.2, 0.25) is 0 Å². The Kier molecular flexibility index (Phi) is 6.41. The number of rotatable bonds is 6. The lowest BCUT2D eigenvalue weighted by Crippen LogP contribution is -2.46. The number of piperazine rings is 1. The largest absolute Gasteiger partial charge is 0.380 e. The van der Waals surface area contributed by atoms with E-state index in [1.807, 2.05) is 11.9 Å². The van der Waals surface area contributed by atoms with Gasteiger partial charge in [0.05, 0.1) is 5.69 Å². The number of nitrogens with zero attached hydrogens (tertiary/aromatic N) is 4. The minimum atomic E-state index is -0.969. The molecular weight excluding hydrogens is 399 g/mol. The van der Waals surface area contributed by atoms with E-state index in [1.165, 1.54) is 16.5 Å². The summed E-state index contributed by atoms with van der Waals surface area (Å²) in [5, 5.41) is 10.9. The fourth-order valence-corrected chi connectivity index (χ4v) is 4.39. The Morgan fingerprint density at radius 1 is 1.10 bits per heavy atom. The van der Waals surface area contributed by atoms with Gasteiger partial charge in [0.2, 0.25) is 0 Å². The number of anilines is 1. The molecule has 0 aliphatic carbocycles. The summed E-state index contributed by atoms with van der Waals surface area (Å²) in [6, 6.07) is 13.6. The molecule has 5 nitrogen and oxygen atoms in total. The summed E-state index contributed by atoms with van der Waals surface area (Å²) in [5.41, 5.74) is 2.33. The Hall–Kier alpha value is -2.35. The molecule has 2 heterocycles. The SMILES string of the molecule is CSc1ccc(CN2CCN(c3c(F)cccc3C(O)c3nccn3C)CC2)cc1. The van der Waals surface area contributed by atoms with Crippen molar-refractivity contribution in [2.45, 2.75) is 17.5 Å². The van der Waals surface area contributed by atoms with Crippen molar-refractivity contribution in [2.75, 3.05) is 37.3 Å². The van der Waals surface area contributed by atoms with E-state index in [4.69, 9.17) is 0 Å². The van der Waals surface area contributed by atoms with Gasteiger partial charge in [-0.15, -0.1) is 11.8 Å². The molecule has 0 bridgehead atoms. The number of hydrogen-bond acceptors (Lipinski definition) is 5. The third-order valence-electron chi connectivity index (χ3n) is 5.67. The molecule has 1 aliphatic heterocycles. The number of hydrogen-bond donors (Lipinski definition) is 1. The van der Waals surface area contributed by atoms with E-state index in [2.05, 4.69) is 40.4 Å². The van der Waals surface area contributed by atoms with Crippen molar-refractivity contribution in [1.29, 1.82) is 0 Å². The summed E-state index contributed by atoms with van der Waals surface area (Å²) in [6.07, 6.45) is 4.53. The highest BCUT2D eigenvalue weighted by Crippen LogP contribution is 2.33. The first kappa shape index (κ1) is 20.9. The quantitative estimate of drug-likeness (QED) is 0.609. The predicted octanol–water partition coefficient (Wildman–Crippen LogP) is 3.69. The summed E-state index contributed by atoms with van der Waals surface area (Å²) in [5.74, 6) is 0.205. The molecule has 30 heavy (non-hydrogen) atoms. The van der Waals surface area contributed by atoms with Crippen LogP contribution in [0, 0.1) is 5.82 Å². The normalized spacial score (nSPS) is 16.1. The van der Waals surface area contributed by atoms with Crippen molar-refractivity contribution < 1.29 is 9.50 Å². The molecule has 1 N–H and O–H groups in total. The molecule has 0 spiro atoms. The van der Waals surface area contributed by atoms with E-state index in [0.717, 1.165) is 19.6 Å². The number of aryl methyl sites for hydroxylation is 1. The van der Waals surface area contributed by atoms with Crippen LogP contribution in [0.3, 0.4) is 0 Å². The van der Waals surface area contributed by atoms with Gasteiger partial charge in [0, 0.05) is 62.6 Å². The van der Waals surface area contributed by atoms with Crippen molar-refractivity contribution >= 4 is 17.4 Å². The van der Waals surface area contributed by atoms with Gasteiger partial charge < -0.3 is 14.6 Å². The van der Waals surface area contributed by atoms with E-state index < -0.39 is 6.10 Å². The van der Waals surface area contributed by atoms with Crippen LogP contribution in [0.15, 0.2) is 59.8 Å². The van der Waals surface area contributed by atoms with Crippen LogP contribution in [0.25, 0.3) is 0 Å². The monoisotopic (exact) mass is 426 g/mol. The fraction of sp³-hybridized carbons (Fsp3) is 0.348. The lowest BCUT2D eigenvalue weighted by molar-refractivity contribution is 0.205. The Bertz CT molecular complexity index is 983. The second-order valence-electron chi connectivity index (χ2n) is 7.59. The fourth-order valence-electron chi connectivity index (χ4n) is 3.98. The Morgan fingerprint density at radius 2 is 1.83 bits per heavy atom. The Balaban J connectivity index is 1.47. The molecule has 0 amide bonds. The maximum absolute atomic E-state index is 14.9. The molecule has 2 aromatic carbocycles. The van der Waals surface area contributed by atoms with Crippen LogP contribution in [0.5, 0.6) is 0 Å². The van der Waals surface area contributed by atoms with Gasteiger partial charge in [0.15, 0.2) is 0 Å². The number of para-hydroxylation sites is 1. The third-order valence-corrected chi connectivity index (χ3v) is 6.41. The number of aliphatic hydroxyl groups is 1. The summed E-state index contributed by atoms with van der Waals surface area (Å²) >= 11 is 1.74. The topological polar surface area (TPSA) is 44.5 Å². The van der Waals surface area contributed by atoms with Gasteiger partial charge in [0.1, 0.15) is 17.7 Å². The zero-order chi connectivity index (χ0) is 21.1. The minimum Gasteiger partial charge on any atom is -0.380 e. The van der Waals surface area contributed by atoms with Gasteiger partial charge in [-0.1, -0.05) is 24.3 Å². The van der Waals surface area contributed by atoms with Crippen molar-refractivity contribution in [1.82, 2.24) is 14.5 Å². The van der Waals surface area contributed by atoms with E-state index in [1.54, 1.807) is 40.9 Å². The van der Waals surface area contributed by atoms with Crippen molar-refractivity contribution in [2.24, 2.45) is 7.05 Å². The van der Waals surface area contributed by atoms with E-state index in [-0.39, 0.29) is 5.82 Å². The number of imidazole rings is 1. The van der Waals surface area contributed by atoms with Crippen LogP contribution in [-0.2, 0) is 13.6 Å². The first-order chi connectivity index (χ1) is 14.6. The molecule has 4 rings (SSSR count). The molecule has 0 saturated carbocycles. The predicted molar refractivity (Wildman–Crippen MR) is 119 cm³/mol. The lowest BCUT2D eigenvalue weighted by atomic mass is 10.0. The maximum Gasteiger partial charge on any atom is 0.146 e. The molecule has 1 atom stereocenters. The van der Waals surface area contributed by atoms with Crippen molar-refractivity contribution in [3.63, 3.8) is 0 Å². The highest BCUT2D eigenvalue weighted by Gasteiger charge is 2.26. The molecule has 1 unspecified atom stereocenters. The molecule has 1 aromatic heterocycles. The average Bonchev–Trinajstić information content (AvgIpc) is 3.20. The highest BCUT2D eigenvalue weighted by atomic mass is 32.2. The first-order valence-electron chi connectivity index (χ1n) is 10.1. The van der Waals surface area contributed by atoms with E-state index in [0.29, 0.717) is 30.2 Å². The van der Waals surface area contributed by atoms with Crippen LogP contribution >= 0.6 is 11.8 Å². The zero-order valence-corrected chi connectivity index (χ0v) is 18.1. The summed E-state index contributed by atoms with van der Waals surface area (Å²) in [7, 11) is 1.83.